The largest absolute Gasteiger partial charge is 0.480 e. The molecule has 0 amide bonds. The third-order valence-electron chi connectivity index (χ3n) is 1.75. The van der Waals surface area contributed by atoms with Crippen LogP contribution in [0.3, 0.4) is 0 Å². The van der Waals surface area contributed by atoms with Crippen molar-refractivity contribution in [3.8, 4) is 0 Å². The second kappa shape index (κ2) is 6.36. The van der Waals surface area contributed by atoms with Crippen molar-refractivity contribution in [3.63, 3.8) is 0 Å². The minimum Gasteiger partial charge on any atom is -0.480 e. The number of carbonyl (C=O) groups is 2. The lowest BCUT2D eigenvalue weighted by Crippen LogP contribution is -2.40. The third-order valence-corrected chi connectivity index (χ3v) is 1.75. The fraction of sp³-hybridized carbons (Fsp3) is 0.778. The van der Waals surface area contributed by atoms with Crippen LogP contribution in [0.25, 0.3) is 0 Å². The van der Waals surface area contributed by atoms with E-state index >= 15 is 0 Å². The van der Waals surface area contributed by atoms with Crippen LogP contribution in [0.2, 0.25) is 0 Å². The van der Waals surface area contributed by atoms with Crippen molar-refractivity contribution < 1.29 is 19.4 Å². The molecule has 0 fully saturated rings. The van der Waals surface area contributed by atoms with E-state index in [0.717, 1.165) is 0 Å². The van der Waals surface area contributed by atoms with Crippen LogP contribution >= 0.6 is 0 Å². The van der Waals surface area contributed by atoms with Crippen LogP contribution in [0, 0.1) is 5.92 Å². The van der Waals surface area contributed by atoms with E-state index in [1.807, 2.05) is 13.8 Å². The Morgan fingerprint density at radius 3 is 2.20 bits per heavy atom. The second-order valence-electron chi connectivity index (χ2n) is 3.81. The number of carboxylic acid groups (broad SMARTS) is 1. The first-order chi connectivity index (χ1) is 6.84. The highest BCUT2D eigenvalue weighted by Gasteiger charge is 2.19. The fourth-order valence-electron chi connectivity index (χ4n) is 0.954. The predicted octanol–water partition coefficient (Wildman–Crippen LogP) is -0.685. The molecule has 0 bridgehead atoms. The predicted molar refractivity (Wildman–Crippen MR) is 54.0 cm³/mol. The van der Waals surface area contributed by atoms with Crippen LogP contribution in [0.15, 0.2) is 0 Å². The molecule has 0 radical (unpaired) electrons. The summed E-state index contributed by atoms with van der Waals surface area (Å²) in [6.07, 6.45) is 0.501. The average Bonchev–Trinajstić information content (AvgIpc) is 2.12. The molecule has 0 aromatic carbocycles. The SMILES string of the molecule is CC(C)C[C@H](N)C(=O)OC[C@@H](N)C(=O)O. The summed E-state index contributed by atoms with van der Waals surface area (Å²) in [5, 5.41) is 8.43. The summed E-state index contributed by atoms with van der Waals surface area (Å²) in [6.45, 7) is 3.51. The van der Waals surface area contributed by atoms with E-state index in [4.69, 9.17) is 16.6 Å². The van der Waals surface area contributed by atoms with Crippen LogP contribution in [0.4, 0.5) is 0 Å². The molecule has 0 aliphatic heterocycles. The van der Waals surface area contributed by atoms with Crippen LogP contribution in [0.1, 0.15) is 20.3 Å². The van der Waals surface area contributed by atoms with Crippen molar-refractivity contribution in [1.82, 2.24) is 0 Å². The molecule has 88 valence electrons. The monoisotopic (exact) mass is 218 g/mol. The number of esters is 1. The highest BCUT2D eigenvalue weighted by molar-refractivity contribution is 5.77. The number of carbonyl (C=O) groups excluding carboxylic acids is 1. The lowest BCUT2D eigenvalue weighted by Gasteiger charge is -2.14. The maximum atomic E-state index is 11.2. The van der Waals surface area contributed by atoms with E-state index in [-0.39, 0.29) is 12.5 Å². The maximum Gasteiger partial charge on any atom is 0.324 e. The van der Waals surface area contributed by atoms with Crippen molar-refractivity contribution in [2.45, 2.75) is 32.4 Å². The van der Waals surface area contributed by atoms with Gasteiger partial charge in [-0.2, -0.15) is 0 Å². The molecule has 5 N–H and O–H groups in total. The highest BCUT2D eigenvalue weighted by Crippen LogP contribution is 2.04. The van der Waals surface area contributed by atoms with Crippen molar-refractivity contribution in [2.24, 2.45) is 17.4 Å². The first-order valence-corrected chi connectivity index (χ1v) is 4.75. The minimum atomic E-state index is -1.21. The minimum absolute atomic E-state index is 0.278. The van der Waals surface area contributed by atoms with E-state index in [0.29, 0.717) is 6.42 Å². The number of ether oxygens (including phenoxy) is 1. The molecule has 0 aromatic heterocycles. The molecule has 0 aliphatic rings. The Labute approximate surface area is 88.6 Å². The molecule has 6 heteroatoms. The van der Waals surface area contributed by atoms with Crippen molar-refractivity contribution in [3.05, 3.63) is 0 Å². The number of hydrogen-bond acceptors (Lipinski definition) is 5. The molecule has 2 atom stereocenters. The summed E-state index contributed by atoms with van der Waals surface area (Å²) < 4.78 is 4.66. The Hall–Kier alpha value is -1.14. The molecular formula is C9H18N2O4. The Bertz CT molecular complexity index is 230. The summed E-state index contributed by atoms with van der Waals surface area (Å²) in [6, 6.07) is -1.91. The Morgan fingerprint density at radius 2 is 1.80 bits per heavy atom. The van der Waals surface area contributed by atoms with Gasteiger partial charge in [-0.15, -0.1) is 0 Å². The standard InChI is InChI=1S/C9H18N2O4/c1-5(2)3-6(10)9(14)15-4-7(11)8(12)13/h5-7H,3-4,10-11H2,1-2H3,(H,12,13)/t6-,7+/m0/s1. The third kappa shape index (κ3) is 6.03. The molecule has 0 heterocycles. The van der Waals surface area contributed by atoms with Crippen LogP contribution < -0.4 is 11.5 Å². The summed E-state index contributed by atoms with van der Waals surface area (Å²) in [4.78, 5) is 21.5. The Morgan fingerprint density at radius 1 is 1.27 bits per heavy atom. The van der Waals surface area contributed by atoms with Gasteiger partial charge in [0, 0.05) is 0 Å². The fourth-order valence-corrected chi connectivity index (χ4v) is 0.954. The molecule has 0 aliphatic carbocycles. The molecule has 0 rings (SSSR count). The van der Waals surface area contributed by atoms with Gasteiger partial charge >= 0.3 is 11.9 Å². The van der Waals surface area contributed by atoms with E-state index in [1.165, 1.54) is 0 Å². The molecule has 0 aromatic rings. The summed E-state index contributed by atoms with van der Waals surface area (Å²) in [7, 11) is 0. The quantitative estimate of drug-likeness (QED) is 0.508. The van der Waals surface area contributed by atoms with Gasteiger partial charge in [-0.25, -0.2) is 0 Å². The van der Waals surface area contributed by atoms with E-state index in [1.54, 1.807) is 0 Å². The maximum absolute atomic E-state index is 11.2. The zero-order chi connectivity index (χ0) is 12.0. The van der Waals surface area contributed by atoms with Gasteiger partial charge in [0.25, 0.3) is 0 Å². The molecule has 15 heavy (non-hydrogen) atoms. The summed E-state index contributed by atoms with van der Waals surface area (Å²) in [5.41, 5.74) is 10.7. The second-order valence-corrected chi connectivity index (χ2v) is 3.81. The topological polar surface area (TPSA) is 116 Å². The number of carboxylic acids is 1. The number of rotatable bonds is 6. The van der Waals surface area contributed by atoms with Gasteiger partial charge in [0.2, 0.25) is 0 Å². The van der Waals surface area contributed by atoms with Crippen molar-refractivity contribution in [1.29, 1.82) is 0 Å². The van der Waals surface area contributed by atoms with Crippen LogP contribution in [-0.2, 0) is 14.3 Å². The molecule has 0 saturated heterocycles. The van der Waals surface area contributed by atoms with Gasteiger partial charge in [0.05, 0.1) is 0 Å². The molecule has 6 nitrogen and oxygen atoms in total. The first-order valence-electron chi connectivity index (χ1n) is 4.75. The molecular weight excluding hydrogens is 200 g/mol. The van der Waals surface area contributed by atoms with E-state index in [9.17, 15) is 9.59 Å². The van der Waals surface area contributed by atoms with Gasteiger partial charge in [0.15, 0.2) is 0 Å². The first kappa shape index (κ1) is 13.9. The van der Waals surface area contributed by atoms with Gasteiger partial charge in [-0.1, -0.05) is 13.8 Å². The van der Waals surface area contributed by atoms with Crippen molar-refractivity contribution >= 4 is 11.9 Å². The van der Waals surface area contributed by atoms with Gasteiger partial charge in [0.1, 0.15) is 18.7 Å². The Balaban J connectivity index is 3.88. The van der Waals surface area contributed by atoms with Gasteiger partial charge in [-0.05, 0) is 12.3 Å². The van der Waals surface area contributed by atoms with E-state index in [2.05, 4.69) is 4.74 Å². The summed E-state index contributed by atoms with van der Waals surface area (Å²) in [5.74, 6) is -1.54. The number of nitrogens with two attached hydrogens (primary N) is 2. The van der Waals surface area contributed by atoms with Gasteiger partial charge in [-0.3, -0.25) is 9.59 Å². The zero-order valence-corrected chi connectivity index (χ0v) is 8.97. The molecule has 0 spiro atoms. The number of hydrogen-bond donors (Lipinski definition) is 3. The number of aliphatic carboxylic acids is 1. The molecule has 0 unspecified atom stereocenters. The lowest BCUT2D eigenvalue weighted by atomic mass is 10.1. The van der Waals surface area contributed by atoms with Crippen molar-refractivity contribution in [2.75, 3.05) is 6.61 Å². The smallest absolute Gasteiger partial charge is 0.324 e. The normalized spacial score (nSPS) is 14.7. The zero-order valence-electron chi connectivity index (χ0n) is 8.97. The molecule has 0 saturated carbocycles. The van der Waals surface area contributed by atoms with Crippen LogP contribution in [-0.4, -0.2) is 35.7 Å². The Kier molecular flexibility index (Phi) is 5.88. The van der Waals surface area contributed by atoms with Crippen LogP contribution in [0.5, 0.6) is 0 Å². The average molecular weight is 218 g/mol. The highest BCUT2D eigenvalue weighted by atomic mass is 16.5. The van der Waals surface area contributed by atoms with E-state index < -0.39 is 24.0 Å². The van der Waals surface area contributed by atoms with Gasteiger partial charge < -0.3 is 21.3 Å². The summed E-state index contributed by atoms with van der Waals surface area (Å²) >= 11 is 0. The lowest BCUT2D eigenvalue weighted by molar-refractivity contribution is -0.149.